The second-order valence-electron chi connectivity index (χ2n) is 8.71. The van der Waals surface area contributed by atoms with Crippen LogP contribution >= 0.6 is 24.2 Å². The van der Waals surface area contributed by atoms with Gasteiger partial charge in [0.15, 0.2) is 10.8 Å². The number of rotatable bonds is 9. The molecule has 2 N–H and O–H groups in total. The number of benzene rings is 2. The fourth-order valence-electron chi connectivity index (χ4n) is 4.19. The molecule has 10 heteroatoms. The minimum absolute atomic E-state index is 0. The van der Waals surface area contributed by atoms with Crippen LogP contribution in [0.15, 0.2) is 66.0 Å². The number of anilines is 2. The number of nitrogens with one attached hydrogen (secondary N) is 1. The molecule has 2 aromatic heterocycles. The first-order valence-corrected chi connectivity index (χ1v) is 12.9. The molecule has 37 heavy (non-hydrogen) atoms. The van der Waals surface area contributed by atoms with Gasteiger partial charge in [-0.3, -0.25) is 4.90 Å². The van der Waals surface area contributed by atoms with Crippen molar-refractivity contribution in [3.05, 3.63) is 66.4 Å². The van der Waals surface area contributed by atoms with Crippen molar-refractivity contribution in [2.45, 2.75) is 32.0 Å². The van der Waals surface area contributed by atoms with Crippen LogP contribution in [0.5, 0.6) is 5.75 Å². The maximum Gasteiger partial charge on any atom is 0.191 e. The maximum atomic E-state index is 9.90. The summed E-state index contributed by atoms with van der Waals surface area (Å²) < 4.78 is 7.42. The summed E-state index contributed by atoms with van der Waals surface area (Å²) in [6.07, 6.45) is 1.82. The summed E-state index contributed by atoms with van der Waals surface area (Å²) in [5.74, 6) is 2.07. The Hall–Kier alpha value is -2.85. The van der Waals surface area contributed by atoms with Gasteiger partial charge in [-0.25, -0.2) is 14.6 Å². The van der Waals surface area contributed by atoms with Crippen LogP contribution in [0.25, 0.3) is 11.0 Å². The fourth-order valence-corrected chi connectivity index (χ4v) is 5.03. The van der Waals surface area contributed by atoms with Gasteiger partial charge in [0.2, 0.25) is 0 Å². The Balaban J connectivity index is 0.00000190. The van der Waals surface area contributed by atoms with Gasteiger partial charge >= 0.3 is 0 Å². The number of phenolic OH excluding ortho intramolecular Hbond substituents is 1. The van der Waals surface area contributed by atoms with Crippen molar-refractivity contribution < 1.29 is 9.84 Å². The highest BCUT2D eigenvalue weighted by Crippen LogP contribution is 2.29. The number of phenols is 1. The van der Waals surface area contributed by atoms with Gasteiger partial charge in [-0.15, -0.1) is 12.4 Å². The summed E-state index contributed by atoms with van der Waals surface area (Å²) in [5.41, 5.74) is 2.84. The molecule has 0 bridgehead atoms. The molecule has 1 saturated heterocycles. The molecule has 1 aliphatic heterocycles. The molecule has 2 aromatic carbocycles. The first kappa shape index (κ1) is 28.7. The van der Waals surface area contributed by atoms with Gasteiger partial charge in [0, 0.05) is 49.6 Å². The number of hydrogen-bond acceptors (Lipinski definition) is 8. The van der Waals surface area contributed by atoms with Crippen molar-refractivity contribution in [2.24, 2.45) is 0 Å². The number of morpholine rings is 1. The number of nitrogens with zero attached hydrogens (tertiary/aromatic N) is 5. The molecule has 0 radical (unpaired) electrons. The van der Waals surface area contributed by atoms with Gasteiger partial charge in [-0.05, 0) is 17.7 Å². The summed E-state index contributed by atoms with van der Waals surface area (Å²) in [6.45, 7) is 7.41. The molecular formula is C27H35ClN6O2S. The lowest BCUT2D eigenvalue weighted by molar-refractivity contribution is 0.0410. The van der Waals surface area contributed by atoms with Crippen molar-refractivity contribution in [3.8, 4) is 5.75 Å². The number of ether oxygens (including phenoxy) is 1. The van der Waals surface area contributed by atoms with Gasteiger partial charge in [-0.2, -0.15) is 5.10 Å². The van der Waals surface area contributed by atoms with Gasteiger partial charge in [-0.1, -0.05) is 62.5 Å². The Morgan fingerprint density at radius 3 is 2.62 bits per heavy atom. The second kappa shape index (κ2) is 13.6. The highest BCUT2D eigenvalue weighted by molar-refractivity contribution is 7.99. The van der Waals surface area contributed by atoms with Crippen LogP contribution in [0.1, 0.15) is 25.8 Å². The number of hydrogen-bond donors (Lipinski definition) is 2. The van der Waals surface area contributed by atoms with Crippen molar-refractivity contribution in [1.82, 2.24) is 24.6 Å². The average molecular weight is 543 g/mol. The Bertz CT molecular complexity index is 1270. The van der Waals surface area contributed by atoms with E-state index < -0.39 is 0 Å². The lowest BCUT2D eigenvalue weighted by atomic mass is 10.0. The molecule has 0 spiro atoms. The normalized spacial score (nSPS) is 14.5. The predicted molar refractivity (Wildman–Crippen MR) is 154 cm³/mol. The largest absolute Gasteiger partial charge is 0.508 e. The van der Waals surface area contributed by atoms with Gasteiger partial charge < -0.3 is 15.2 Å². The summed E-state index contributed by atoms with van der Waals surface area (Å²) in [4.78, 5) is 12.1. The molecule has 3 heterocycles. The summed E-state index contributed by atoms with van der Waals surface area (Å²) in [5, 5.41) is 19.5. The quantitative estimate of drug-likeness (QED) is 0.210. The minimum atomic E-state index is 0. The molecule has 0 amide bonds. The van der Waals surface area contributed by atoms with Gasteiger partial charge in [0.25, 0.3) is 0 Å². The predicted octanol–water partition coefficient (Wildman–Crippen LogP) is 5.56. The van der Waals surface area contributed by atoms with Crippen molar-refractivity contribution in [2.75, 3.05) is 43.9 Å². The van der Waals surface area contributed by atoms with Gasteiger partial charge in [0.1, 0.15) is 11.6 Å². The minimum Gasteiger partial charge on any atom is -0.508 e. The van der Waals surface area contributed by atoms with Crippen molar-refractivity contribution in [3.63, 3.8) is 0 Å². The Labute approximate surface area is 228 Å². The van der Waals surface area contributed by atoms with E-state index in [4.69, 9.17) is 14.7 Å². The van der Waals surface area contributed by atoms with Crippen LogP contribution in [-0.2, 0) is 11.3 Å². The second-order valence-corrected chi connectivity index (χ2v) is 9.77. The van der Waals surface area contributed by atoms with E-state index in [-0.39, 0.29) is 31.5 Å². The molecule has 5 rings (SSSR count). The highest BCUT2D eigenvalue weighted by atomic mass is 35.5. The zero-order chi connectivity index (χ0) is 24.0. The van der Waals surface area contributed by atoms with E-state index in [0.717, 1.165) is 55.3 Å². The summed E-state index contributed by atoms with van der Waals surface area (Å²) in [7, 11) is 0. The van der Waals surface area contributed by atoms with Crippen molar-refractivity contribution >= 4 is 46.7 Å². The van der Waals surface area contributed by atoms with E-state index in [9.17, 15) is 5.11 Å². The third-order valence-electron chi connectivity index (χ3n) is 6.14. The summed E-state index contributed by atoms with van der Waals surface area (Å²) in [6, 6.07) is 17.5. The molecule has 1 aliphatic rings. The smallest absolute Gasteiger partial charge is 0.191 e. The standard InChI is InChI=1S/C26H30N6O2S.CH4.ClH/c1-19(20-6-3-2-4-7-20)18-32-25-23(17-27-32)24(28-21-8-5-9-22(33)16-21)29-26(30-25)35-15-12-31-10-13-34-14-11-31;;/h2-9,16-17,19,33H,10-15,18H2,1H3,(H,28,29,30);1H4;1H. The molecule has 0 saturated carbocycles. The van der Waals surface area contributed by atoms with Crippen LogP contribution in [0.2, 0.25) is 0 Å². The molecule has 1 atom stereocenters. The zero-order valence-corrected chi connectivity index (χ0v) is 21.8. The Morgan fingerprint density at radius 1 is 1.08 bits per heavy atom. The monoisotopic (exact) mass is 542 g/mol. The SMILES string of the molecule is C.CC(Cn1ncc2c(Nc3cccc(O)c3)nc(SCCN3CCOCC3)nc21)c1ccccc1.Cl. The zero-order valence-electron chi connectivity index (χ0n) is 20.2. The number of thioether (sulfide) groups is 1. The Kier molecular flexibility index (Phi) is 10.6. The molecule has 198 valence electrons. The molecule has 1 fully saturated rings. The third kappa shape index (κ3) is 7.35. The van der Waals surface area contributed by atoms with E-state index in [1.165, 1.54) is 5.56 Å². The lowest BCUT2D eigenvalue weighted by Crippen LogP contribution is -2.37. The van der Waals surface area contributed by atoms with Crippen LogP contribution < -0.4 is 5.32 Å². The molecule has 1 unspecified atom stereocenters. The molecule has 8 nitrogen and oxygen atoms in total. The lowest BCUT2D eigenvalue weighted by Gasteiger charge is -2.26. The van der Waals surface area contributed by atoms with E-state index in [0.29, 0.717) is 17.5 Å². The summed E-state index contributed by atoms with van der Waals surface area (Å²) >= 11 is 1.65. The first-order valence-electron chi connectivity index (χ1n) is 11.9. The Morgan fingerprint density at radius 2 is 1.86 bits per heavy atom. The average Bonchev–Trinajstić information content (AvgIpc) is 3.28. The van der Waals surface area contributed by atoms with Crippen LogP contribution in [0.3, 0.4) is 0 Å². The maximum absolute atomic E-state index is 9.90. The molecule has 4 aromatic rings. The van der Waals surface area contributed by atoms with E-state index >= 15 is 0 Å². The number of aromatic hydroxyl groups is 1. The van der Waals surface area contributed by atoms with E-state index in [2.05, 4.69) is 46.5 Å². The van der Waals surface area contributed by atoms with Crippen LogP contribution in [0, 0.1) is 0 Å². The van der Waals surface area contributed by atoms with E-state index in [1.54, 1.807) is 30.0 Å². The number of fused-ring (bicyclic) bond motifs is 1. The first-order chi connectivity index (χ1) is 17.2. The van der Waals surface area contributed by atoms with Gasteiger partial charge in [0.05, 0.1) is 24.8 Å². The number of aromatic nitrogens is 4. The van der Waals surface area contributed by atoms with Crippen molar-refractivity contribution in [1.29, 1.82) is 0 Å². The van der Waals surface area contributed by atoms with Crippen LogP contribution in [0.4, 0.5) is 11.5 Å². The molecular weight excluding hydrogens is 508 g/mol. The fraction of sp³-hybridized carbons (Fsp3) is 0.370. The highest BCUT2D eigenvalue weighted by Gasteiger charge is 2.17. The van der Waals surface area contributed by atoms with Crippen LogP contribution in [-0.4, -0.2) is 68.4 Å². The molecule has 0 aliphatic carbocycles. The number of halogens is 1. The third-order valence-corrected chi connectivity index (χ3v) is 6.97. The topological polar surface area (TPSA) is 88.3 Å². The van der Waals surface area contributed by atoms with E-state index in [1.807, 2.05) is 23.0 Å².